The van der Waals surface area contributed by atoms with Gasteiger partial charge in [-0.2, -0.15) is 0 Å². The number of aryl methyl sites for hydroxylation is 1. The Bertz CT molecular complexity index is 1550. The van der Waals surface area contributed by atoms with Crippen molar-refractivity contribution >= 4 is 10.9 Å². The molecule has 38 heavy (non-hydrogen) atoms. The molecule has 0 radical (unpaired) electrons. The highest BCUT2D eigenvalue weighted by atomic mass is 16.3. The Morgan fingerprint density at radius 3 is 2.74 bits per heavy atom. The van der Waals surface area contributed by atoms with E-state index >= 15 is 0 Å². The first-order valence-corrected chi connectivity index (χ1v) is 14.0. The Hall–Kier alpha value is -3.23. The number of pyridine rings is 1. The molecule has 198 valence electrons. The number of aliphatic hydroxyl groups is 1. The highest BCUT2D eigenvalue weighted by Crippen LogP contribution is 2.48. The van der Waals surface area contributed by atoms with Gasteiger partial charge in [0.1, 0.15) is 17.7 Å². The van der Waals surface area contributed by atoms with E-state index in [1.54, 1.807) is 6.33 Å². The smallest absolute Gasteiger partial charge is 0.279 e. The first-order chi connectivity index (χ1) is 18.4. The summed E-state index contributed by atoms with van der Waals surface area (Å²) in [4.78, 5) is 20.0. The maximum Gasteiger partial charge on any atom is 0.279 e. The Balaban J connectivity index is 1.30. The molecule has 2 saturated carbocycles. The molecule has 4 heterocycles. The molecule has 3 aliphatic rings. The van der Waals surface area contributed by atoms with Crippen LogP contribution in [-0.2, 0) is 19.0 Å². The van der Waals surface area contributed by atoms with Crippen molar-refractivity contribution in [1.82, 2.24) is 29.2 Å². The molecule has 0 bridgehead atoms. The number of rotatable bonds is 6. The van der Waals surface area contributed by atoms with Crippen molar-refractivity contribution in [3.8, 4) is 5.69 Å². The van der Waals surface area contributed by atoms with Crippen LogP contribution in [-0.4, -0.2) is 53.5 Å². The predicted octanol–water partition coefficient (Wildman–Crippen LogP) is 4.00. The van der Waals surface area contributed by atoms with Crippen LogP contribution in [0.5, 0.6) is 0 Å². The molecule has 0 unspecified atom stereocenters. The third kappa shape index (κ3) is 3.93. The van der Waals surface area contributed by atoms with Crippen LogP contribution in [0.2, 0.25) is 0 Å². The van der Waals surface area contributed by atoms with Crippen LogP contribution in [0.15, 0.2) is 47.7 Å². The van der Waals surface area contributed by atoms with Gasteiger partial charge in [-0.3, -0.25) is 14.3 Å². The topological polar surface area (TPSA) is 92.0 Å². The molecule has 4 aromatic rings. The second-order valence-corrected chi connectivity index (χ2v) is 12.1. The van der Waals surface area contributed by atoms with Crippen LogP contribution in [0.1, 0.15) is 74.0 Å². The van der Waals surface area contributed by atoms with Gasteiger partial charge in [-0.05, 0) is 86.2 Å². The lowest BCUT2D eigenvalue weighted by Gasteiger charge is -2.44. The van der Waals surface area contributed by atoms with Crippen LogP contribution < -0.4 is 5.56 Å². The zero-order valence-electron chi connectivity index (χ0n) is 22.2. The van der Waals surface area contributed by atoms with Gasteiger partial charge in [-0.15, -0.1) is 10.2 Å². The number of hydrogen-bond acceptors (Lipinski definition) is 5. The molecule has 0 amide bonds. The van der Waals surface area contributed by atoms with Gasteiger partial charge in [0.05, 0.1) is 11.5 Å². The average Bonchev–Trinajstić information content (AvgIpc) is 3.50. The van der Waals surface area contributed by atoms with E-state index in [2.05, 4.69) is 51.4 Å². The highest BCUT2D eigenvalue weighted by Gasteiger charge is 2.49. The summed E-state index contributed by atoms with van der Waals surface area (Å²) < 4.78 is 3.76. The monoisotopic (exact) mass is 512 g/mol. The van der Waals surface area contributed by atoms with E-state index in [1.807, 2.05) is 28.3 Å². The summed E-state index contributed by atoms with van der Waals surface area (Å²) >= 11 is 0. The van der Waals surface area contributed by atoms with E-state index in [-0.39, 0.29) is 11.7 Å². The molecular weight excluding hydrogens is 476 g/mol. The SMILES string of the molecule is C[C@H]1CCCN(Cc2cc3c(C4CC4)cn(-c4cccc([C@]5(c6nncn6C)C[C@@H](O)C5)c4)c(=O)c3[nH]2)C1. The maximum absolute atomic E-state index is 13.9. The summed E-state index contributed by atoms with van der Waals surface area (Å²) in [5, 5.41) is 19.9. The zero-order chi connectivity index (χ0) is 26.0. The molecule has 1 aliphatic heterocycles. The minimum absolute atomic E-state index is 0.0128. The number of likely N-dealkylation sites (tertiary alicyclic amines) is 1. The second-order valence-electron chi connectivity index (χ2n) is 12.1. The van der Waals surface area contributed by atoms with Crippen molar-refractivity contribution in [3.05, 3.63) is 75.9 Å². The molecule has 8 heteroatoms. The normalized spacial score (nSPS) is 26.1. The fourth-order valence-corrected chi connectivity index (χ4v) is 6.92. The average molecular weight is 513 g/mol. The quantitative estimate of drug-likeness (QED) is 0.408. The minimum Gasteiger partial charge on any atom is -0.393 e. The first-order valence-electron chi connectivity index (χ1n) is 14.0. The van der Waals surface area contributed by atoms with E-state index < -0.39 is 5.41 Å². The minimum atomic E-state index is -0.404. The Labute approximate surface area is 222 Å². The number of aromatic amines is 1. The molecule has 8 nitrogen and oxygen atoms in total. The van der Waals surface area contributed by atoms with E-state index in [0.717, 1.165) is 53.7 Å². The van der Waals surface area contributed by atoms with E-state index in [1.165, 1.54) is 31.2 Å². The lowest BCUT2D eigenvalue weighted by Crippen LogP contribution is -2.47. The van der Waals surface area contributed by atoms with E-state index in [0.29, 0.717) is 24.3 Å². The molecule has 1 saturated heterocycles. The van der Waals surface area contributed by atoms with Crippen LogP contribution in [0, 0.1) is 5.92 Å². The summed E-state index contributed by atoms with van der Waals surface area (Å²) in [5.74, 6) is 2.08. The van der Waals surface area contributed by atoms with Crippen LogP contribution in [0.4, 0.5) is 0 Å². The summed E-state index contributed by atoms with van der Waals surface area (Å²) in [6, 6.07) is 10.4. The fraction of sp³-hybridized carbons (Fsp3) is 0.500. The molecule has 1 aromatic carbocycles. The lowest BCUT2D eigenvalue weighted by atomic mass is 9.62. The van der Waals surface area contributed by atoms with Gasteiger partial charge < -0.3 is 14.7 Å². The van der Waals surface area contributed by atoms with Crippen molar-refractivity contribution in [2.75, 3.05) is 13.1 Å². The second kappa shape index (κ2) is 8.92. The molecule has 0 spiro atoms. The van der Waals surface area contributed by atoms with Crippen LogP contribution in [0.25, 0.3) is 16.6 Å². The third-order valence-corrected chi connectivity index (χ3v) is 9.02. The third-order valence-electron chi connectivity index (χ3n) is 9.02. The fourth-order valence-electron chi connectivity index (χ4n) is 6.92. The number of H-pyrrole nitrogens is 1. The van der Waals surface area contributed by atoms with E-state index in [4.69, 9.17) is 0 Å². The molecule has 2 N–H and O–H groups in total. The maximum atomic E-state index is 13.9. The number of piperidine rings is 1. The highest BCUT2D eigenvalue weighted by molar-refractivity contribution is 5.84. The van der Waals surface area contributed by atoms with Crippen molar-refractivity contribution in [1.29, 1.82) is 0 Å². The first kappa shape index (κ1) is 23.9. The number of aliphatic hydroxyl groups excluding tert-OH is 1. The van der Waals surface area contributed by atoms with Crippen molar-refractivity contribution in [2.24, 2.45) is 13.0 Å². The number of benzene rings is 1. The van der Waals surface area contributed by atoms with Gasteiger partial charge in [-0.1, -0.05) is 19.1 Å². The predicted molar refractivity (Wildman–Crippen MR) is 147 cm³/mol. The molecule has 3 aromatic heterocycles. The van der Waals surface area contributed by atoms with E-state index in [9.17, 15) is 9.90 Å². The van der Waals surface area contributed by atoms with Gasteiger partial charge in [-0.25, -0.2) is 0 Å². The number of aromatic nitrogens is 5. The number of nitrogens with zero attached hydrogens (tertiary/aromatic N) is 5. The number of fused-ring (bicyclic) bond motifs is 1. The van der Waals surface area contributed by atoms with Crippen molar-refractivity contribution in [3.63, 3.8) is 0 Å². The number of nitrogens with one attached hydrogen (secondary N) is 1. The van der Waals surface area contributed by atoms with Gasteiger partial charge in [0.15, 0.2) is 0 Å². The van der Waals surface area contributed by atoms with Gasteiger partial charge >= 0.3 is 0 Å². The van der Waals surface area contributed by atoms with Crippen LogP contribution >= 0.6 is 0 Å². The Morgan fingerprint density at radius 1 is 1.18 bits per heavy atom. The Morgan fingerprint density at radius 2 is 2.03 bits per heavy atom. The van der Waals surface area contributed by atoms with Gasteiger partial charge in [0.2, 0.25) is 0 Å². The molecular formula is C30H36N6O2. The number of hydrogen-bond donors (Lipinski definition) is 2. The van der Waals surface area contributed by atoms with Crippen LogP contribution in [0.3, 0.4) is 0 Å². The molecule has 3 fully saturated rings. The molecule has 2 aliphatic carbocycles. The summed E-state index contributed by atoms with van der Waals surface area (Å²) in [5.41, 5.74) is 4.59. The summed E-state index contributed by atoms with van der Waals surface area (Å²) in [6.45, 7) is 5.42. The zero-order valence-corrected chi connectivity index (χ0v) is 22.2. The molecule has 1 atom stereocenters. The van der Waals surface area contributed by atoms with Crippen molar-refractivity contribution < 1.29 is 5.11 Å². The summed E-state index contributed by atoms with van der Waals surface area (Å²) in [6.07, 6.45) is 9.50. The summed E-state index contributed by atoms with van der Waals surface area (Å²) in [7, 11) is 1.94. The standard InChI is InChI=1S/C30H36N6O2/c1-19-5-4-10-35(15-19)16-22-12-25-26(20-8-9-20)17-36(28(38)27(25)32-22)23-7-3-6-21(11-23)30(13-24(37)14-30)29-33-31-18-34(29)2/h3,6-7,11-12,17-20,24,32,37H,4-5,8-10,13-16H2,1-2H3/t19-,24-,30+/m0/s1. The van der Waals surface area contributed by atoms with Crippen molar-refractivity contribution in [2.45, 2.75) is 69.4 Å². The van der Waals surface area contributed by atoms with Gasteiger partial charge in [0.25, 0.3) is 5.56 Å². The lowest BCUT2D eigenvalue weighted by molar-refractivity contribution is 0.0323. The van der Waals surface area contributed by atoms with Gasteiger partial charge in [0, 0.05) is 43.1 Å². The Kier molecular flexibility index (Phi) is 5.60. The largest absolute Gasteiger partial charge is 0.393 e. The molecule has 7 rings (SSSR count).